The number of alkyl halides is 3. The van der Waals surface area contributed by atoms with Gasteiger partial charge in [-0.25, -0.2) is 9.48 Å². The first kappa shape index (κ1) is 23.5. The number of esters is 1. The molecule has 34 heavy (non-hydrogen) atoms. The van der Waals surface area contributed by atoms with Crippen LogP contribution in [0.2, 0.25) is 4.34 Å². The van der Waals surface area contributed by atoms with E-state index >= 15 is 0 Å². The summed E-state index contributed by atoms with van der Waals surface area (Å²) < 4.78 is 47.3. The van der Waals surface area contributed by atoms with E-state index in [0.29, 0.717) is 14.9 Å². The van der Waals surface area contributed by atoms with Gasteiger partial charge in [-0.1, -0.05) is 29.8 Å². The number of benzene rings is 2. The van der Waals surface area contributed by atoms with E-state index in [0.717, 1.165) is 25.3 Å². The van der Waals surface area contributed by atoms with Gasteiger partial charge in [0.2, 0.25) is 0 Å². The number of ether oxygens (including phenoxy) is 1. The zero-order valence-electron chi connectivity index (χ0n) is 17.4. The number of anilines is 1. The molecule has 0 saturated heterocycles. The minimum Gasteiger partial charge on any atom is -0.465 e. The number of halogens is 4. The van der Waals surface area contributed by atoms with E-state index in [2.05, 4.69) is 15.2 Å². The highest BCUT2D eigenvalue weighted by Crippen LogP contribution is 2.37. The molecule has 2 aromatic heterocycles. The van der Waals surface area contributed by atoms with Gasteiger partial charge in [0.1, 0.15) is 5.69 Å². The second kappa shape index (κ2) is 9.32. The van der Waals surface area contributed by atoms with Gasteiger partial charge in [-0.2, -0.15) is 18.3 Å². The van der Waals surface area contributed by atoms with E-state index in [9.17, 15) is 22.8 Å². The van der Waals surface area contributed by atoms with Crippen LogP contribution in [0, 0.1) is 0 Å². The lowest BCUT2D eigenvalue weighted by Gasteiger charge is -2.15. The molecule has 0 unspecified atom stereocenters. The SMILES string of the molecule is COC(=O)c1ccc(C(F)(F)F)c(NC(=O)c2cn(-c3ccccc3)nc2-c2ccc(Cl)s2)c1. The molecular weight excluding hydrogens is 491 g/mol. The maximum absolute atomic E-state index is 13.6. The van der Waals surface area contributed by atoms with Crippen LogP contribution in [0.15, 0.2) is 66.9 Å². The Morgan fingerprint density at radius 3 is 2.44 bits per heavy atom. The minimum atomic E-state index is -4.77. The molecule has 0 aliphatic carbocycles. The smallest absolute Gasteiger partial charge is 0.418 e. The summed E-state index contributed by atoms with van der Waals surface area (Å²) in [6.07, 6.45) is -3.35. The zero-order valence-corrected chi connectivity index (χ0v) is 19.0. The molecule has 0 atom stereocenters. The van der Waals surface area contributed by atoms with Crippen molar-refractivity contribution in [1.82, 2.24) is 9.78 Å². The molecule has 1 N–H and O–H groups in total. The van der Waals surface area contributed by atoms with E-state index in [1.54, 1.807) is 36.4 Å². The number of nitrogens with one attached hydrogen (secondary N) is 1. The first-order valence-corrected chi connectivity index (χ1v) is 10.9. The Bertz CT molecular complexity index is 1370. The predicted molar refractivity (Wildman–Crippen MR) is 123 cm³/mol. The molecule has 174 valence electrons. The third-order valence-electron chi connectivity index (χ3n) is 4.78. The monoisotopic (exact) mass is 505 g/mol. The first-order valence-electron chi connectivity index (χ1n) is 9.69. The lowest BCUT2D eigenvalue weighted by molar-refractivity contribution is -0.136. The Morgan fingerprint density at radius 2 is 1.82 bits per heavy atom. The van der Waals surface area contributed by atoms with Gasteiger partial charge in [0, 0.05) is 6.20 Å². The molecule has 0 aliphatic rings. The second-order valence-corrected chi connectivity index (χ2v) is 8.69. The minimum absolute atomic E-state index is 0.0268. The van der Waals surface area contributed by atoms with Crippen LogP contribution < -0.4 is 5.32 Å². The summed E-state index contributed by atoms with van der Waals surface area (Å²) in [6, 6.07) is 14.8. The summed E-state index contributed by atoms with van der Waals surface area (Å²) in [7, 11) is 1.11. The third-order valence-corrected chi connectivity index (χ3v) is 6.02. The Labute approximate surface area is 200 Å². The van der Waals surface area contributed by atoms with Gasteiger partial charge in [0.05, 0.1) is 44.4 Å². The van der Waals surface area contributed by atoms with Crippen molar-refractivity contribution in [3.63, 3.8) is 0 Å². The fourth-order valence-corrected chi connectivity index (χ4v) is 4.25. The molecule has 4 aromatic rings. The van der Waals surface area contributed by atoms with Crippen LogP contribution in [0.4, 0.5) is 18.9 Å². The van der Waals surface area contributed by atoms with E-state index in [4.69, 9.17) is 11.6 Å². The number of thiophene rings is 1. The molecule has 0 radical (unpaired) electrons. The summed E-state index contributed by atoms with van der Waals surface area (Å²) in [5.74, 6) is -1.68. The summed E-state index contributed by atoms with van der Waals surface area (Å²) in [4.78, 5) is 25.6. The number of hydrogen-bond acceptors (Lipinski definition) is 5. The number of amides is 1. The second-order valence-electron chi connectivity index (χ2n) is 6.98. The molecule has 0 aliphatic heterocycles. The number of hydrogen-bond donors (Lipinski definition) is 1. The van der Waals surface area contributed by atoms with Crippen LogP contribution in [-0.4, -0.2) is 28.8 Å². The molecule has 11 heteroatoms. The van der Waals surface area contributed by atoms with E-state index in [1.165, 1.54) is 22.2 Å². The number of nitrogens with zero attached hydrogens (tertiary/aromatic N) is 2. The normalized spacial score (nSPS) is 11.3. The number of aromatic nitrogens is 2. The molecule has 0 saturated carbocycles. The van der Waals surface area contributed by atoms with Crippen LogP contribution in [0.1, 0.15) is 26.3 Å². The van der Waals surface area contributed by atoms with Crippen molar-refractivity contribution in [3.05, 3.63) is 87.9 Å². The number of methoxy groups -OCH3 is 1. The number of carbonyl (C=O) groups is 2. The maximum atomic E-state index is 13.6. The van der Waals surface area contributed by atoms with E-state index < -0.39 is 29.3 Å². The molecule has 0 spiro atoms. The molecule has 2 heterocycles. The molecule has 2 aromatic carbocycles. The highest BCUT2D eigenvalue weighted by molar-refractivity contribution is 7.19. The Hall–Kier alpha value is -3.63. The van der Waals surface area contributed by atoms with Crippen molar-refractivity contribution >= 4 is 40.5 Å². The van der Waals surface area contributed by atoms with E-state index in [1.807, 2.05) is 6.07 Å². The highest BCUT2D eigenvalue weighted by atomic mass is 35.5. The number of para-hydroxylation sites is 1. The molecule has 0 bridgehead atoms. The van der Waals surface area contributed by atoms with Crippen molar-refractivity contribution in [2.75, 3.05) is 12.4 Å². The number of carbonyl (C=O) groups excluding carboxylic acids is 2. The van der Waals surface area contributed by atoms with Crippen molar-refractivity contribution < 1.29 is 27.5 Å². The molecule has 6 nitrogen and oxygen atoms in total. The van der Waals surface area contributed by atoms with Gasteiger partial charge in [0.25, 0.3) is 5.91 Å². The zero-order chi connectivity index (χ0) is 24.5. The van der Waals surface area contributed by atoms with Crippen molar-refractivity contribution in [1.29, 1.82) is 0 Å². The van der Waals surface area contributed by atoms with Crippen LogP contribution in [0.3, 0.4) is 0 Å². The van der Waals surface area contributed by atoms with Gasteiger partial charge in [-0.05, 0) is 42.5 Å². The first-order chi connectivity index (χ1) is 16.2. The fourth-order valence-electron chi connectivity index (χ4n) is 3.21. The van der Waals surface area contributed by atoms with Gasteiger partial charge in [0.15, 0.2) is 0 Å². The van der Waals surface area contributed by atoms with Crippen LogP contribution in [0.25, 0.3) is 16.3 Å². The topological polar surface area (TPSA) is 73.2 Å². The average Bonchev–Trinajstić information content (AvgIpc) is 3.45. The van der Waals surface area contributed by atoms with Crippen LogP contribution in [0.5, 0.6) is 0 Å². The van der Waals surface area contributed by atoms with Gasteiger partial charge >= 0.3 is 12.1 Å². The Morgan fingerprint density at radius 1 is 1.09 bits per heavy atom. The Balaban J connectivity index is 1.79. The summed E-state index contributed by atoms with van der Waals surface area (Å²) >= 11 is 7.21. The van der Waals surface area contributed by atoms with E-state index in [-0.39, 0.29) is 16.8 Å². The summed E-state index contributed by atoms with van der Waals surface area (Å²) in [6.45, 7) is 0. The molecule has 0 fully saturated rings. The van der Waals surface area contributed by atoms with Crippen LogP contribution >= 0.6 is 22.9 Å². The van der Waals surface area contributed by atoms with Crippen LogP contribution in [-0.2, 0) is 10.9 Å². The summed E-state index contributed by atoms with van der Waals surface area (Å²) in [5.41, 5.74) is -0.909. The molecular formula is C23H15ClF3N3O3S. The number of rotatable bonds is 5. The van der Waals surface area contributed by atoms with Gasteiger partial charge in [-0.15, -0.1) is 11.3 Å². The maximum Gasteiger partial charge on any atom is 0.418 e. The standard InChI is InChI=1S/C23H15ClF3N3O3S/c1-33-22(32)13-7-8-16(23(25,26)27)17(11-13)28-21(31)15-12-30(14-5-3-2-4-6-14)29-20(15)18-9-10-19(24)34-18/h2-12H,1H3,(H,28,31). The fraction of sp³-hybridized carbons (Fsp3) is 0.0870. The Kier molecular flexibility index (Phi) is 6.45. The van der Waals surface area contributed by atoms with Crippen molar-refractivity contribution in [2.24, 2.45) is 0 Å². The van der Waals surface area contributed by atoms with Crippen molar-refractivity contribution in [2.45, 2.75) is 6.18 Å². The van der Waals surface area contributed by atoms with Gasteiger partial charge < -0.3 is 10.1 Å². The predicted octanol–water partition coefficient (Wildman–Crippen LogP) is 6.31. The highest BCUT2D eigenvalue weighted by Gasteiger charge is 2.35. The lowest BCUT2D eigenvalue weighted by atomic mass is 10.1. The summed E-state index contributed by atoms with van der Waals surface area (Å²) in [5, 5.41) is 6.75. The quantitative estimate of drug-likeness (QED) is 0.322. The largest absolute Gasteiger partial charge is 0.465 e. The average molecular weight is 506 g/mol. The molecule has 1 amide bonds. The lowest BCUT2D eigenvalue weighted by Crippen LogP contribution is -2.18. The molecule has 4 rings (SSSR count). The van der Waals surface area contributed by atoms with Crippen molar-refractivity contribution in [3.8, 4) is 16.3 Å². The van der Waals surface area contributed by atoms with Gasteiger partial charge in [-0.3, -0.25) is 4.79 Å². The third kappa shape index (κ3) is 4.82.